The monoisotopic (exact) mass is 374 g/mol. The van der Waals surface area contributed by atoms with Crippen molar-refractivity contribution in [2.24, 2.45) is 0 Å². The summed E-state index contributed by atoms with van der Waals surface area (Å²) >= 11 is 0. The molecule has 1 aromatic carbocycles. The zero-order valence-corrected chi connectivity index (χ0v) is 15.9. The van der Waals surface area contributed by atoms with Crippen molar-refractivity contribution in [3.63, 3.8) is 0 Å². The van der Waals surface area contributed by atoms with Gasteiger partial charge in [0.15, 0.2) is 0 Å². The molecule has 0 aliphatic carbocycles. The topological polar surface area (TPSA) is 57.9 Å². The van der Waals surface area contributed by atoms with Crippen LogP contribution in [0.1, 0.15) is 45.5 Å². The van der Waals surface area contributed by atoms with E-state index in [1.807, 2.05) is 46.8 Å². The maximum Gasteiger partial charge on any atom is 0.257 e. The van der Waals surface area contributed by atoms with Crippen LogP contribution in [0.4, 0.5) is 0 Å². The van der Waals surface area contributed by atoms with E-state index in [4.69, 9.17) is 0 Å². The van der Waals surface area contributed by atoms with Crippen LogP contribution in [-0.2, 0) is 6.54 Å². The number of rotatable bonds is 2. The number of nitrogens with zero attached hydrogens (tertiary/aromatic N) is 4. The molecular weight excluding hydrogens is 352 g/mol. The molecule has 0 N–H and O–H groups in total. The number of aromatic nitrogens is 2. The van der Waals surface area contributed by atoms with Gasteiger partial charge in [0.1, 0.15) is 0 Å². The first-order chi connectivity index (χ1) is 13.6. The van der Waals surface area contributed by atoms with Gasteiger partial charge in [-0.25, -0.2) is 4.52 Å². The number of benzene rings is 1. The van der Waals surface area contributed by atoms with E-state index < -0.39 is 0 Å². The summed E-state index contributed by atoms with van der Waals surface area (Å²) in [6, 6.07) is 11.8. The van der Waals surface area contributed by atoms with E-state index in [1.165, 1.54) is 6.42 Å². The minimum atomic E-state index is 0.0630. The maximum atomic E-state index is 13.0. The van der Waals surface area contributed by atoms with Crippen LogP contribution in [0.25, 0.3) is 16.8 Å². The van der Waals surface area contributed by atoms with Crippen LogP contribution in [0.5, 0.6) is 0 Å². The Morgan fingerprint density at radius 3 is 2.71 bits per heavy atom. The van der Waals surface area contributed by atoms with Gasteiger partial charge in [-0.1, -0.05) is 12.1 Å². The summed E-state index contributed by atoms with van der Waals surface area (Å²) in [5.41, 5.74) is 5.17. The summed E-state index contributed by atoms with van der Waals surface area (Å²) in [5.74, 6) is 0.126. The van der Waals surface area contributed by atoms with Gasteiger partial charge in [-0.15, -0.1) is 0 Å². The Morgan fingerprint density at radius 2 is 1.89 bits per heavy atom. The van der Waals surface area contributed by atoms with Crippen LogP contribution in [0.2, 0.25) is 0 Å². The number of pyridine rings is 1. The predicted octanol–water partition coefficient (Wildman–Crippen LogP) is 3.21. The van der Waals surface area contributed by atoms with E-state index in [2.05, 4.69) is 11.2 Å². The molecule has 2 aliphatic heterocycles. The quantitative estimate of drug-likeness (QED) is 0.692. The van der Waals surface area contributed by atoms with E-state index in [-0.39, 0.29) is 11.8 Å². The van der Waals surface area contributed by atoms with Crippen molar-refractivity contribution in [2.75, 3.05) is 20.1 Å². The van der Waals surface area contributed by atoms with Crippen molar-refractivity contribution in [3.05, 3.63) is 59.3 Å². The molecular formula is C22H22N4O2. The van der Waals surface area contributed by atoms with Gasteiger partial charge in [-0.05, 0) is 49.1 Å². The van der Waals surface area contributed by atoms with Crippen molar-refractivity contribution < 1.29 is 9.59 Å². The highest BCUT2D eigenvalue weighted by Gasteiger charge is 2.25. The predicted molar refractivity (Wildman–Crippen MR) is 106 cm³/mol. The van der Waals surface area contributed by atoms with Crippen LogP contribution in [0.3, 0.4) is 0 Å². The number of amides is 2. The number of carbonyl (C=O) groups excluding carboxylic acids is 2. The third-order valence-electron chi connectivity index (χ3n) is 5.80. The molecule has 142 valence electrons. The molecule has 0 bridgehead atoms. The fourth-order valence-electron chi connectivity index (χ4n) is 4.29. The molecule has 6 heteroatoms. The van der Waals surface area contributed by atoms with Crippen molar-refractivity contribution in [2.45, 2.75) is 25.8 Å². The van der Waals surface area contributed by atoms with Crippen LogP contribution >= 0.6 is 0 Å². The highest BCUT2D eigenvalue weighted by molar-refractivity contribution is 6.01. The molecule has 6 nitrogen and oxygen atoms in total. The van der Waals surface area contributed by atoms with Gasteiger partial charge in [0.25, 0.3) is 11.8 Å². The Hall–Kier alpha value is -3.15. The molecule has 5 rings (SSSR count). The molecule has 0 unspecified atom stereocenters. The lowest BCUT2D eigenvalue weighted by atomic mass is 10.0. The van der Waals surface area contributed by atoms with Crippen LogP contribution in [-0.4, -0.2) is 51.4 Å². The van der Waals surface area contributed by atoms with E-state index in [1.54, 1.807) is 11.1 Å². The zero-order valence-electron chi connectivity index (χ0n) is 15.9. The number of piperidine rings is 1. The Labute approximate surface area is 163 Å². The summed E-state index contributed by atoms with van der Waals surface area (Å²) in [4.78, 5) is 28.8. The van der Waals surface area contributed by atoms with Crippen LogP contribution in [0.15, 0.2) is 42.6 Å². The normalized spacial score (nSPS) is 16.7. The molecule has 1 fully saturated rings. The number of hydrogen-bond acceptors (Lipinski definition) is 3. The second-order valence-corrected chi connectivity index (χ2v) is 7.65. The fraction of sp³-hybridized carbons (Fsp3) is 0.318. The van der Waals surface area contributed by atoms with Gasteiger partial charge in [-0.3, -0.25) is 9.59 Å². The SMILES string of the molecule is CN1Cc2cc(-c3cccc4c(C(=O)N5CCCCC5)cnn34)ccc2C1=O. The summed E-state index contributed by atoms with van der Waals surface area (Å²) in [6.45, 7) is 2.26. The molecule has 0 atom stereocenters. The molecule has 4 heterocycles. The van der Waals surface area contributed by atoms with E-state index in [0.717, 1.165) is 53.8 Å². The number of hydrogen-bond donors (Lipinski definition) is 0. The zero-order chi connectivity index (χ0) is 19.3. The smallest absolute Gasteiger partial charge is 0.257 e. The molecule has 0 radical (unpaired) electrons. The van der Waals surface area contributed by atoms with Gasteiger partial charge in [0.2, 0.25) is 0 Å². The second-order valence-electron chi connectivity index (χ2n) is 7.65. The molecule has 0 spiro atoms. The largest absolute Gasteiger partial charge is 0.339 e. The average Bonchev–Trinajstić information content (AvgIpc) is 3.29. The van der Waals surface area contributed by atoms with Gasteiger partial charge in [0.05, 0.1) is 23.0 Å². The lowest BCUT2D eigenvalue weighted by molar-refractivity contribution is 0.0725. The third-order valence-corrected chi connectivity index (χ3v) is 5.80. The minimum Gasteiger partial charge on any atom is -0.339 e. The third kappa shape index (κ3) is 2.59. The first kappa shape index (κ1) is 17.0. The Balaban J connectivity index is 1.55. The average molecular weight is 374 g/mol. The molecule has 2 aliphatic rings. The maximum absolute atomic E-state index is 13.0. The van der Waals surface area contributed by atoms with Crippen molar-refractivity contribution in [1.29, 1.82) is 0 Å². The summed E-state index contributed by atoms with van der Waals surface area (Å²) in [6.07, 6.45) is 5.01. The van der Waals surface area contributed by atoms with Gasteiger partial charge in [0, 0.05) is 37.8 Å². The highest BCUT2D eigenvalue weighted by Crippen LogP contribution is 2.29. The van der Waals surface area contributed by atoms with Crippen molar-refractivity contribution >= 4 is 17.3 Å². The minimum absolute atomic E-state index is 0.0630. The molecule has 2 amide bonds. The van der Waals surface area contributed by atoms with Gasteiger partial charge in [-0.2, -0.15) is 5.10 Å². The first-order valence-electron chi connectivity index (χ1n) is 9.78. The van der Waals surface area contributed by atoms with E-state index in [9.17, 15) is 9.59 Å². The molecule has 3 aromatic rings. The van der Waals surface area contributed by atoms with Crippen LogP contribution < -0.4 is 0 Å². The molecule has 1 saturated heterocycles. The number of likely N-dealkylation sites (tertiary alicyclic amines) is 1. The summed E-state index contributed by atoms with van der Waals surface area (Å²) in [7, 11) is 1.81. The first-order valence-corrected chi connectivity index (χ1v) is 9.78. The fourth-order valence-corrected chi connectivity index (χ4v) is 4.29. The number of fused-ring (bicyclic) bond motifs is 2. The molecule has 28 heavy (non-hydrogen) atoms. The Morgan fingerprint density at radius 1 is 1.07 bits per heavy atom. The Kier molecular flexibility index (Phi) is 3.93. The second kappa shape index (κ2) is 6.48. The van der Waals surface area contributed by atoms with E-state index in [0.29, 0.717) is 12.1 Å². The van der Waals surface area contributed by atoms with Crippen molar-refractivity contribution in [1.82, 2.24) is 19.4 Å². The van der Waals surface area contributed by atoms with Crippen LogP contribution in [0, 0.1) is 0 Å². The standard InChI is InChI=1S/C22H22N4O2/c1-24-14-16-12-15(8-9-17(16)21(24)27)19-6-5-7-20-18(13-23-26(19)20)22(28)25-10-3-2-4-11-25/h5-9,12-13H,2-4,10-11,14H2,1H3. The lowest BCUT2D eigenvalue weighted by Gasteiger charge is -2.26. The highest BCUT2D eigenvalue weighted by atomic mass is 16.2. The molecule has 2 aromatic heterocycles. The molecule has 0 saturated carbocycles. The Bertz CT molecular complexity index is 1100. The van der Waals surface area contributed by atoms with Crippen molar-refractivity contribution in [3.8, 4) is 11.3 Å². The lowest BCUT2D eigenvalue weighted by Crippen LogP contribution is -2.35. The van der Waals surface area contributed by atoms with E-state index >= 15 is 0 Å². The number of carbonyl (C=O) groups is 2. The van der Waals surface area contributed by atoms with Gasteiger partial charge >= 0.3 is 0 Å². The summed E-state index contributed by atoms with van der Waals surface area (Å²) < 4.78 is 1.83. The van der Waals surface area contributed by atoms with Gasteiger partial charge < -0.3 is 9.80 Å². The summed E-state index contributed by atoms with van der Waals surface area (Å²) in [5, 5.41) is 4.53.